The number of nitrogens with zero attached hydrogens (tertiary/aromatic N) is 2. The normalized spacial score (nSPS) is 19.4. The van der Waals surface area contributed by atoms with Crippen molar-refractivity contribution in [2.75, 3.05) is 20.1 Å². The summed E-state index contributed by atoms with van der Waals surface area (Å²) in [5.74, 6) is -0.435. The summed E-state index contributed by atoms with van der Waals surface area (Å²) >= 11 is 0. The van der Waals surface area contributed by atoms with Crippen LogP contribution in [0.4, 0.5) is 0 Å². The third-order valence-electron chi connectivity index (χ3n) is 3.85. The van der Waals surface area contributed by atoms with E-state index in [4.69, 9.17) is 5.11 Å². The molecule has 0 saturated carbocycles. The van der Waals surface area contributed by atoms with Crippen LogP contribution in [-0.4, -0.2) is 46.3 Å². The van der Waals surface area contributed by atoms with Gasteiger partial charge in [-0.1, -0.05) is 18.2 Å². The molecule has 104 valence electrons. The monoisotopic (exact) mass is 271 g/mol. The third kappa shape index (κ3) is 2.44. The average molecular weight is 271 g/mol. The zero-order valence-electron chi connectivity index (χ0n) is 11.3. The molecular formula is C15H17N3O2. The van der Waals surface area contributed by atoms with Gasteiger partial charge in [0.15, 0.2) is 0 Å². The Morgan fingerprint density at radius 1 is 1.45 bits per heavy atom. The van der Waals surface area contributed by atoms with Gasteiger partial charge in [-0.2, -0.15) is 5.10 Å². The maximum Gasteiger partial charge on any atom is 0.353 e. The lowest BCUT2D eigenvalue weighted by Gasteiger charge is -2.11. The number of carboxylic acids is 1. The largest absolute Gasteiger partial charge is 0.477 e. The first-order valence-electron chi connectivity index (χ1n) is 6.71. The van der Waals surface area contributed by atoms with Gasteiger partial charge in [-0.05, 0) is 43.6 Å². The lowest BCUT2D eigenvalue weighted by Crippen LogP contribution is -2.13. The van der Waals surface area contributed by atoms with E-state index in [9.17, 15) is 4.79 Å². The van der Waals surface area contributed by atoms with Crippen LogP contribution in [0.15, 0.2) is 30.3 Å². The minimum Gasteiger partial charge on any atom is -0.477 e. The maximum absolute atomic E-state index is 10.9. The van der Waals surface area contributed by atoms with Crippen molar-refractivity contribution < 1.29 is 9.90 Å². The van der Waals surface area contributed by atoms with E-state index < -0.39 is 5.97 Å². The molecule has 0 radical (unpaired) electrons. The second kappa shape index (κ2) is 5.09. The zero-order valence-corrected chi connectivity index (χ0v) is 11.3. The highest BCUT2D eigenvalue weighted by atomic mass is 16.4. The molecule has 1 aromatic carbocycles. The molecule has 1 fully saturated rings. The number of aromatic amines is 1. The third-order valence-corrected chi connectivity index (χ3v) is 3.85. The number of hydrogen-bond donors (Lipinski definition) is 2. The smallest absolute Gasteiger partial charge is 0.353 e. The molecule has 0 amide bonds. The van der Waals surface area contributed by atoms with Gasteiger partial charge in [0, 0.05) is 12.1 Å². The fourth-order valence-electron chi connectivity index (χ4n) is 2.74. The minimum atomic E-state index is -0.989. The molecule has 0 bridgehead atoms. The molecule has 3 rings (SSSR count). The number of aromatic carboxylic acids is 1. The molecule has 1 aliphatic heterocycles. The summed E-state index contributed by atoms with van der Waals surface area (Å²) in [6.45, 7) is 2.20. The molecule has 1 atom stereocenters. The van der Waals surface area contributed by atoms with Gasteiger partial charge in [0.05, 0.1) is 5.69 Å². The molecule has 2 heterocycles. The Morgan fingerprint density at radius 2 is 2.30 bits per heavy atom. The summed E-state index contributed by atoms with van der Waals surface area (Å²) in [6, 6.07) is 9.80. The highest BCUT2D eigenvalue weighted by Gasteiger charge is 2.21. The van der Waals surface area contributed by atoms with Gasteiger partial charge < -0.3 is 10.0 Å². The van der Waals surface area contributed by atoms with E-state index in [1.807, 2.05) is 12.1 Å². The van der Waals surface area contributed by atoms with Crippen LogP contribution in [0.1, 0.15) is 28.4 Å². The highest BCUT2D eigenvalue weighted by molar-refractivity contribution is 5.86. The van der Waals surface area contributed by atoms with Crippen LogP contribution in [0.25, 0.3) is 11.3 Å². The van der Waals surface area contributed by atoms with Crippen molar-refractivity contribution in [2.24, 2.45) is 0 Å². The van der Waals surface area contributed by atoms with Crippen LogP contribution in [0, 0.1) is 0 Å². The van der Waals surface area contributed by atoms with Gasteiger partial charge in [-0.15, -0.1) is 0 Å². The van der Waals surface area contributed by atoms with Crippen LogP contribution < -0.4 is 0 Å². The number of nitrogens with one attached hydrogen (secondary N) is 1. The number of carboxylic acid groups (broad SMARTS) is 1. The molecule has 1 aliphatic rings. The fraction of sp³-hybridized carbons (Fsp3) is 0.333. The number of hydrogen-bond acceptors (Lipinski definition) is 3. The van der Waals surface area contributed by atoms with Crippen molar-refractivity contribution in [2.45, 2.75) is 12.3 Å². The molecule has 20 heavy (non-hydrogen) atoms. The Hall–Kier alpha value is -2.14. The summed E-state index contributed by atoms with van der Waals surface area (Å²) < 4.78 is 0. The summed E-state index contributed by atoms with van der Waals surface area (Å²) in [5.41, 5.74) is 3.05. The zero-order chi connectivity index (χ0) is 14.1. The van der Waals surface area contributed by atoms with Crippen molar-refractivity contribution in [3.05, 3.63) is 41.6 Å². The standard InChI is InChI=1S/C15H17N3O2/c1-18-6-5-12(9-18)10-3-2-4-11(7-10)13-8-14(15(19)20)17-16-13/h2-4,7-8,12H,5-6,9H2,1H3,(H,16,17)(H,19,20). The number of rotatable bonds is 3. The van der Waals surface area contributed by atoms with Crippen LogP contribution in [0.3, 0.4) is 0 Å². The van der Waals surface area contributed by atoms with Crippen LogP contribution >= 0.6 is 0 Å². The van der Waals surface area contributed by atoms with E-state index in [1.54, 1.807) is 6.07 Å². The predicted molar refractivity (Wildman–Crippen MR) is 75.8 cm³/mol. The Kier molecular flexibility index (Phi) is 3.28. The van der Waals surface area contributed by atoms with Gasteiger partial charge >= 0.3 is 5.97 Å². The number of carbonyl (C=O) groups is 1. The number of likely N-dealkylation sites (tertiary alicyclic amines) is 1. The molecule has 0 aliphatic carbocycles. The number of aromatic nitrogens is 2. The maximum atomic E-state index is 10.9. The van der Waals surface area contributed by atoms with E-state index in [0.717, 1.165) is 18.7 Å². The lowest BCUT2D eigenvalue weighted by atomic mass is 9.96. The van der Waals surface area contributed by atoms with E-state index in [1.165, 1.54) is 12.0 Å². The molecule has 2 aromatic rings. The first-order chi connectivity index (χ1) is 9.63. The number of likely N-dealkylation sites (N-methyl/N-ethyl adjacent to an activating group) is 1. The van der Waals surface area contributed by atoms with E-state index >= 15 is 0 Å². The fourth-order valence-corrected chi connectivity index (χ4v) is 2.74. The molecular weight excluding hydrogens is 254 g/mol. The average Bonchev–Trinajstić information content (AvgIpc) is 3.07. The van der Waals surface area contributed by atoms with Crippen molar-refractivity contribution in [3.8, 4) is 11.3 Å². The van der Waals surface area contributed by atoms with E-state index in [2.05, 4.69) is 34.3 Å². The molecule has 1 unspecified atom stereocenters. The number of H-pyrrole nitrogens is 1. The van der Waals surface area contributed by atoms with Crippen molar-refractivity contribution in [3.63, 3.8) is 0 Å². The number of benzene rings is 1. The Bertz CT molecular complexity index is 636. The Balaban J connectivity index is 1.88. The van der Waals surface area contributed by atoms with Gasteiger partial charge in [0.1, 0.15) is 5.69 Å². The summed E-state index contributed by atoms with van der Waals surface area (Å²) in [6.07, 6.45) is 1.17. The van der Waals surface area contributed by atoms with Crippen molar-refractivity contribution in [1.29, 1.82) is 0 Å². The van der Waals surface area contributed by atoms with Crippen molar-refractivity contribution >= 4 is 5.97 Å². The van der Waals surface area contributed by atoms with Crippen LogP contribution in [-0.2, 0) is 0 Å². The molecule has 2 N–H and O–H groups in total. The second-order valence-electron chi connectivity index (χ2n) is 5.35. The molecule has 1 aromatic heterocycles. The molecule has 1 saturated heterocycles. The predicted octanol–water partition coefficient (Wildman–Crippen LogP) is 2.19. The quantitative estimate of drug-likeness (QED) is 0.898. The van der Waals surface area contributed by atoms with Crippen LogP contribution in [0.2, 0.25) is 0 Å². The van der Waals surface area contributed by atoms with Crippen LogP contribution in [0.5, 0.6) is 0 Å². The topological polar surface area (TPSA) is 69.2 Å². The lowest BCUT2D eigenvalue weighted by molar-refractivity contribution is 0.0690. The van der Waals surface area contributed by atoms with Gasteiger partial charge in [-0.3, -0.25) is 5.10 Å². The molecule has 5 nitrogen and oxygen atoms in total. The highest BCUT2D eigenvalue weighted by Crippen LogP contribution is 2.29. The van der Waals surface area contributed by atoms with E-state index in [0.29, 0.717) is 11.6 Å². The Labute approximate surface area is 117 Å². The molecule has 0 spiro atoms. The summed E-state index contributed by atoms with van der Waals surface area (Å²) in [4.78, 5) is 13.2. The first-order valence-corrected chi connectivity index (χ1v) is 6.71. The molecule has 5 heteroatoms. The first kappa shape index (κ1) is 12.9. The SMILES string of the molecule is CN1CCC(c2cccc(-c3cc(C(=O)O)[nH]n3)c2)C1. The van der Waals surface area contributed by atoms with Gasteiger partial charge in [0.25, 0.3) is 0 Å². The van der Waals surface area contributed by atoms with Gasteiger partial charge in [-0.25, -0.2) is 4.79 Å². The van der Waals surface area contributed by atoms with Gasteiger partial charge in [0.2, 0.25) is 0 Å². The van der Waals surface area contributed by atoms with E-state index in [-0.39, 0.29) is 5.69 Å². The summed E-state index contributed by atoms with van der Waals surface area (Å²) in [7, 11) is 2.14. The minimum absolute atomic E-state index is 0.117. The second-order valence-corrected chi connectivity index (χ2v) is 5.35. The van der Waals surface area contributed by atoms with Crippen molar-refractivity contribution in [1.82, 2.24) is 15.1 Å². The summed E-state index contributed by atoms with van der Waals surface area (Å²) in [5, 5.41) is 15.5. The Morgan fingerprint density at radius 3 is 2.95 bits per heavy atom.